The molecule has 2 aromatic rings. The van der Waals surface area contributed by atoms with Gasteiger partial charge in [-0.3, -0.25) is 4.79 Å². The molecule has 0 saturated carbocycles. The van der Waals surface area contributed by atoms with Crippen LogP contribution in [0.15, 0.2) is 23.0 Å². The summed E-state index contributed by atoms with van der Waals surface area (Å²) in [4.78, 5) is 26.1. The molecule has 1 aromatic carbocycles. The number of carbonyl (C=O) groups excluding carboxylic acids is 1. The Kier molecular flexibility index (Phi) is 1.33. The first-order valence-corrected chi connectivity index (χ1v) is 3.40. The number of hydrogen-bond donors (Lipinski definition) is 2. The number of imidazole rings is 1. The highest BCUT2D eigenvalue weighted by atomic mass is 16.1. The molecule has 2 rings (SSSR count). The molecule has 0 atom stereocenters. The second kappa shape index (κ2) is 2.34. The number of fused-ring (bicyclic) bond motifs is 1. The van der Waals surface area contributed by atoms with Crippen molar-refractivity contribution in [1.29, 1.82) is 0 Å². The summed E-state index contributed by atoms with van der Waals surface area (Å²) in [7, 11) is 0. The first-order valence-electron chi connectivity index (χ1n) is 3.40. The molecule has 1 aromatic heterocycles. The van der Waals surface area contributed by atoms with Crippen LogP contribution in [0.4, 0.5) is 0 Å². The molecule has 0 bridgehead atoms. The van der Waals surface area contributed by atoms with Crippen LogP contribution >= 0.6 is 0 Å². The highest BCUT2D eigenvalue weighted by Crippen LogP contribution is 2.07. The molecule has 12 heavy (non-hydrogen) atoms. The summed E-state index contributed by atoms with van der Waals surface area (Å²) in [5, 5.41) is 0. The number of nitrogens with one attached hydrogen (secondary N) is 2. The summed E-state index contributed by atoms with van der Waals surface area (Å²) < 4.78 is 0. The predicted molar refractivity (Wildman–Crippen MR) is 43.7 cm³/mol. The first kappa shape index (κ1) is 6.84. The van der Waals surface area contributed by atoms with Crippen molar-refractivity contribution in [2.45, 2.75) is 0 Å². The Morgan fingerprint density at radius 3 is 2.67 bits per heavy atom. The number of H-pyrrole nitrogens is 2. The second-order valence-electron chi connectivity index (χ2n) is 2.44. The lowest BCUT2D eigenvalue weighted by Gasteiger charge is -1.88. The normalized spacial score (nSPS) is 10.3. The Labute approximate surface area is 67.2 Å². The maximum atomic E-state index is 10.8. The smallest absolute Gasteiger partial charge is 0.306 e. The summed E-state index contributed by atoms with van der Waals surface area (Å²) in [5.41, 5.74) is 1.48. The van der Waals surface area contributed by atoms with Crippen LogP contribution in [0.5, 0.6) is 0 Å². The van der Waals surface area contributed by atoms with Crippen LogP contribution in [0.25, 0.3) is 11.0 Å². The fourth-order valence-corrected chi connectivity index (χ4v) is 1.10. The van der Waals surface area contributed by atoms with Crippen molar-refractivity contribution in [3.05, 3.63) is 34.2 Å². The van der Waals surface area contributed by atoms with Crippen molar-refractivity contribution in [1.82, 2.24) is 9.97 Å². The number of aromatic amines is 2. The Morgan fingerprint density at radius 2 is 1.92 bits per heavy atom. The molecular weight excluding hydrogens is 156 g/mol. The monoisotopic (exact) mass is 161 g/mol. The summed E-state index contributed by atoms with van der Waals surface area (Å²) in [6.07, 6.45) is 1.74. The van der Waals surface area contributed by atoms with Gasteiger partial charge in [0.15, 0.2) is 0 Å². The molecule has 0 spiro atoms. The molecule has 0 fully saturated rings. The lowest BCUT2D eigenvalue weighted by molar-refractivity contribution is 0.563. The largest absolute Gasteiger partial charge is 0.323 e. The van der Waals surface area contributed by atoms with E-state index in [1.807, 2.05) is 0 Å². The SMILES string of the molecule is O=[C]c1ccc2[nH]c(=O)[nH]c2c1. The molecule has 2 N–H and O–H groups in total. The minimum absolute atomic E-state index is 0.270. The zero-order valence-electron chi connectivity index (χ0n) is 6.05. The molecule has 1 radical (unpaired) electrons. The van der Waals surface area contributed by atoms with Crippen molar-refractivity contribution in [3.8, 4) is 0 Å². The Hall–Kier alpha value is -1.84. The molecule has 4 heteroatoms. The van der Waals surface area contributed by atoms with Gasteiger partial charge in [-0.25, -0.2) is 4.79 Å². The summed E-state index contributed by atoms with van der Waals surface area (Å²) >= 11 is 0. The molecule has 0 aliphatic heterocycles. The average Bonchev–Trinajstić information content (AvgIpc) is 2.43. The number of rotatable bonds is 1. The zero-order valence-corrected chi connectivity index (χ0v) is 6.05. The fraction of sp³-hybridized carbons (Fsp3) is 0. The Balaban J connectivity index is 2.82. The lowest BCUT2D eigenvalue weighted by atomic mass is 10.2. The van der Waals surface area contributed by atoms with Crippen molar-refractivity contribution in [3.63, 3.8) is 0 Å². The van der Waals surface area contributed by atoms with Crippen LogP contribution in [0.1, 0.15) is 5.56 Å². The number of benzene rings is 1. The van der Waals surface area contributed by atoms with E-state index >= 15 is 0 Å². The van der Waals surface area contributed by atoms with Gasteiger partial charge in [0, 0.05) is 5.56 Å². The average molecular weight is 161 g/mol. The maximum Gasteiger partial charge on any atom is 0.323 e. The van der Waals surface area contributed by atoms with Gasteiger partial charge in [0.25, 0.3) is 0 Å². The molecular formula is C8H5N2O2. The highest BCUT2D eigenvalue weighted by molar-refractivity contribution is 5.84. The third-order valence-corrected chi connectivity index (χ3v) is 1.63. The molecule has 0 aliphatic rings. The van der Waals surface area contributed by atoms with Gasteiger partial charge >= 0.3 is 5.69 Å². The third-order valence-electron chi connectivity index (χ3n) is 1.63. The zero-order chi connectivity index (χ0) is 8.55. The van der Waals surface area contributed by atoms with Crippen molar-refractivity contribution < 1.29 is 4.79 Å². The fourth-order valence-electron chi connectivity index (χ4n) is 1.10. The minimum Gasteiger partial charge on any atom is -0.306 e. The Morgan fingerprint density at radius 1 is 1.17 bits per heavy atom. The standard InChI is InChI=1S/C8H5N2O2/c11-4-5-1-2-6-7(3-5)10-8(12)9-6/h1-3H,(H2,9,10,12). The quantitative estimate of drug-likeness (QED) is 0.632. The molecule has 0 aliphatic carbocycles. The van der Waals surface area contributed by atoms with Crippen LogP contribution in [0.3, 0.4) is 0 Å². The third kappa shape index (κ3) is 0.934. The van der Waals surface area contributed by atoms with Gasteiger partial charge in [0.2, 0.25) is 6.29 Å². The number of hydrogen-bond acceptors (Lipinski definition) is 2. The minimum atomic E-state index is -0.270. The lowest BCUT2D eigenvalue weighted by Crippen LogP contribution is -1.99. The van der Waals surface area contributed by atoms with E-state index in [4.69, 9.17) is 0 Å². The van der Waals surface area contributed by atoms with Gasteiger partial charge in [-0.2, -0.15) is 0 Å². The van der Waals surface area contributed by atoms with Crippen LogP contribution in [-0.4, -0.2) is 16.3 Å². The van der Waals surface area contributed by atoms with E-state index in [0.29, 0.717) is 16.6 Å². The summed E-state index contributed by atoms with van der Waals surface area (Å²) in [5.74, 6) is 0. The number of aromatic nitrogens is 2. The van der Waals surface area contributed by atoms with Gasteiger partial charge in [0.1, 0.15) is 0 Å². The summed E-state index contributed by atoms with van der Waals surface area (Å²) in [6.45, 7) is 0. The van der Waals surface area contributed by atoms with Crippen molar-refractivity contribution >= 4 is 17.3 Å². The second-order valence-corrected chi connectivity index (χ2v) is 2.44. The van der Waals surface area contributed by atoms with Crippen LogP contribution in [0.2, 0.25) is 0 Å². The van der Waals surface area contributed by atoms with Crippen molar-refractivity contribution in [2.75, 3.05) is 0 Å². The molecule has 59 valence electrons. The van der Waals surface area contributed by atoms with E-state index in [2.05, 4.69) is 9.97 Å². The molecule has 0 saturated heterocycles. The molecule has 0 unspecified atom stereocenters. The van der Waals surface area contributed by atoms with Crippen LogP contribution in [-0.2, 0) is 4.79 Å². The van der Waals surface area contributed by atoms with E-state index in [0.717, 1.165) is 0 Å². The van der Waals surface area contributed by atoms with Crippen molar-refractivity contribution in [2.24, 2.45) is 0 Å². The van der Waals surface area contributed by atoms with E-state index in [9.17, 15) is 9.59 Å². The highest BCUT2D eigenvalue weighted by Gasteiger charge is 1.98. The molecule has 4 nitrogen and oxygen atoms in total. The van der Waals surface area contributed by atoms with Crippen LogP contribution in [0, 0.1) is 0 Å². The first-order chi connectivity index (χ1) is 5.79. The van der Waals surface area contributed by atoms with E-state index in [1.165, 1.54) is 0 Å². The van der Waals surface area contributed by atoms with Gasteiger partial charge in [-0.1, -0.05) is 0 Å². The topological polar surface area (TPSA) is 65.7 Å². The predicted octanol–water partition coefficient (Wildman–Crippen LogP) is 0.314. The summed E-state index contributed by atoms with van der Waals surface area (Å²) in [6, 6.07) is 4.83. The van der Waals surface area contributed by atoms with Gasteiger partial charge < -0.3 is 9.97 Å². The van der Waals surface area contributed by atoms with E-state index < -0.39 is 0 Å². The Bertz CT molecular complexity index is 481. The maximum absolute atomic E-state index is 10.8. The van der Waals surface area contributed by atoms with Gasteiger partial charge in [-0.15, -0.1) is 0 Å². The molecule has 0 amide bonds. The molecule has 1 heterocycles. The van der Waals surface area contributed by atoms with E-state index in [-0.39, 0.29) is 5.69 Å². The van der Waals surface area contributed by atoms with E-state index in [1.54, 1.807) is 24.5 Å². The van der Waals surface area contributed by atoms with Gasteiger partial charge in [0.05, 0.1) is 11.0 Å². The van der Waals surface area contributed by atoms with Gasteiger partial charge in [-0.05, 0) is 18.2 Å². The van der Waals surface area contributed by atoms with Crippen LogP contribution < -0.4 is 5.69 Å².